The third kappa shape index (κ3) is 3.00. The second-order valence-electron chi connectivity index (χ2n) is 3.67. The van der Waals surface area contributed by atoms with Crippen molar-refractivity contribution in [3.8, 4) is 5.75 Å². The predicted octanol–water partition coefficient (Wildman–Crippen LogP) is 2.66. The number of benzene rings is 1. The molecule has 0 saturated heterocycles. The number of halogens is 1. The summed E-state index contributed by atoms with van der Waals surface area (Å²) in [7, 11) is 1.64. The Kier molecular flexibility index (Phi) is 3.68. The van der Waals surface area contributed by atoms with Gasteiger partial charge in [0.2, 0.25) is 5.90 Å². The number of methoxy groups -OCH3 is 1. The van der Waals surface area contributed by atoms with Gasteiger partial charge in [0.15, 0.2) is 0 Å². The molecule has 1 aromatic carbocycles. The SMILES string of the molecule is COc1ccc(CN2CC=C(Br)C(O)=N2)cc1. The molecule has 0 aromatic heterocycles. The third-order valence-electron chi connectivity index (χ3n) is 2.46. The molecule has 0 radical (unpaired) electrons. The van der Waals surface area contributed by atoms with Crippen molar-refractivity contribution >= 4 is 21.8 Å². The summed E-state index contributed by atoms with van der Waals surface area (Å²) in [4.78, 5) is 0. The Morgan fingerprint density at radius 3 is 2.71 bits per heavy atom. The highest BCUT2D eigenvalue weighted by Gasteiger charge is 2.11. The molecule has 0 unspecified atom stereocenters. The lowest BCUT2D eigenvalue weighted by molar-refractivity contribution is 0.295. The van der Waals surface area contributed by atoms with E-state index in [-0.39, 0.29) is 5.90 Å². The molecule has 0 aliphatic carbocycles. The molecular formula is C12H13BrN2O2. The van der Waals surface area contributed by atoms with E-state index in [1.165, 1.54) is 0 Å². The number of aliphatic hydroxyl groups excluding tert-OH is 1. The summed E-state index contributed by atoms with van der Waals surface area (Å²) in [6.45, 7) is 1.33. The highest BCUT2D eigenvalue weighted by molar-refractivity contribution is 9.12. The van der Waals surface area contributed by atoms with E-state index < -0.39 is 0 Å². The van der Waals surface area contributed by atoms with Crippen molar-refractivity contribution in [1.29, 1.82) is 0 Å². The Hall–Kier alpha value is -1.49. The molecule has 1 aliphatic rings. The summed E-state index contributed by atoms with van der Waals surface area (Å²) in [5.74, 6) is 0.853. The highest BCUT2D eigenvalue weighted by Crippen LogP contribution is 2.17. The number of rotatable bonds is 3. The first kappa shape index (κ1) is 12.0. The van der Waals surface area contributed by atoms with Crippen LogP contribution >= 0.6 is 15.9 Å². The van der Waals surface area contributed by atoms with E-state index >= 15 is 0 Å². The van der Waals surface area contributed by atoms with E-state index in [1.54, 1.807) is 12.1 Å². The van der Waals surface area contributed by atoms with Crippen molar-refractivity contribution in [3.63, 3.8) is 0 Å². The number of hydrogen-bond donors (Lipinski definition) is 1. The summed E-state index contributed by atoms with van der Waals surface area (Å²) in [5, 5.41) is 15.3. The smallest absolute Gasteiger partial charge is 0.242 e. The van der Waals surface area contributed by atoms with E-state index in [0.717, 1.165) is 11.3 Å². The molecular weight excluding hydrogens is 284 g/mol. The number of aliphatic hydroxyl groups is 1. The van der Waals surface area contributed by atoms with Crippen molar-refractivity contribution in [3.05, 3.63) is 40.4 Å². The lowest BCUT2D eigenvalue weighted by Crippen LogP contribution is -2.23. The van der Waals surface area contributed by atoms with Gasteiger partial charge >= 0.3 is 0 Å². The van der Waals surface area contributed by atoms with Crippen molar-refractivity contribution in [2.45, 2.75) is 6.54 Å². The molecule has 1 aromatic rings. The van der Waals surface area contributed by atoms with E-state index in [2.05, 4.69) is 21.0 Å². The van der Waals surface area contributed by atoms with Gasteiger partial charge in [0, 0.05) is 0 Å². The van der Waals surface area contributed by atoms with Crippen LogP contribution in [0.25, 0.3) is 0 Å². The van der Waals surface area contributed by atoms with Crippen LogP contribution < -0.4 is 4.74 Å². The van der Waals surface area contributed by atoms with Gasteiger partial charge in [0.25, 0.3) is 0 Å². The van der Waals surface area contributed by atoms with E-state index in [1.807, 2.05) is 30.3 Å². The average Bonchev–Trinajstić information content (AvgIpc) is 2.35. The summed E-state index contributed by atoms with van der Waals surface area (Å²) in [5.41, 5.74) is 1.12. The second kappa shape index (κ2) is 5.23. The number of hydrogen-bond acceptors (Lipinski definition) is 3. The minimum Gasteiger partial charge on any atom is -0.497 e. The van der Waals surface area contributed by atoms with Gasteiger partial charge in [-0.05, 0) is 39.7 Å². The number of nitrogens with zero attached hydrogens (tertiary/aromatic N) is 2. The van der Waals surface area contributed by atoms with Gasteiger partial charge in [0.1, 0.15) is 5.75 Å². The molecule has 5 heteroatoms. The zero-order valence-electron chi connectivity index (χ0n) is 9.43. The van der Waals surface area contributed by atoms with Gasteiger partial charge in [-0.3, -0.25) is 5.01 Å². The first-order valence-corrected chi connectivity index (χ1v) is 6.00. The second-order valence-corrected chi connectivity index (χ2v) is 4.53. The van der Waals surface area contributed by atoms with Gasteiger partial charge in [-0.25, -0.2) is 0 Å². The third-order valence-corrected chi connectivity index (χ3v) is 3.13. The van der Waals surface area contributed by atoms with Crippen molar-refractivity contribution < 1.29 is 9.84 Å². The molecule has 0 fully saturated rings. The molecule has 90 valence electrons. The molecule has 0 spiro atoms. The highest BCUT2D eigenvalue weighted by atomic mass is 79.9. The van der Waals surface area contributed by atoms with Crippen LogP contribution in [0, 0.1) is 0 Å². The van der Waals surface area contributed by atoms with Crippen LogP contribution in [0.4, 0.5) is 0 Å². The normalized spacial score (nSPS) is 15.3. The lowest BCUT2D eigenvalue weighted by atomic mass is 10.2. The molecule has 0 bridgehead atoms. The summed E-state index contributed by atoms with van der Waals surface area (Å²) in [6.07, 6.45) is 1.88. The van der Waals surface area contributed by atoms with Crippen LogP contribution in [0.5, 0.6) is 5.75 Å². The quantitative estimate of drug-likeness (QED) is 0.933. The molecule has 4 nitrogen and oxygen atoms in total. The average molecular weight is 297 g/mol. The zero-order chi connectivity index (χ0) is 12.3. The monoisotopic (exact) mass is 296 g/mol. The topological polar surface area (TPSA) is 45.1 Å². The predicted molar refractivity (Wildman–Crippen MR) is 70.5 cm³/mol. The maximum absolute atomic E-state index is 9.48. The fraction of sp³-hybridized carbons (Fsp3) is 0.250. The first-order valence-electron chi connectivity index (χ1n) is 5.20. The lowest BCUT2D eigenvalue weighted by Gasteiger charge is -2.21. The van der Waals surface area contributed by atoms with Crippen molar-refractivity contribution in [1.82, 2.24) is 5.01 Å². The molecule has 17 heavy (non-hydrogen) atoms. The Balaban J connectivity index is 2.02. The summed E-state index contributed by atoms with van der Waals surface area (Å²) >= 11 is 3.22. The van der Waals surface area contributed by atoms with Gasteiger partial charge in [-0.15, -0.1) is 5.10 Å². The molecule has 0 saturated carbocycles. The Morgan fingerprint density at radius 1 is 1.41 bits per heavy atom. The van der Waals surface area contributed by atoms with E-state index in [9.17, 15) is 5.11 Å². The largest absolute Gasteiger partial charge is 0.497 e. The maximum atomic E-state index is 9.48. The van der Waals surface area contributed by atoms with E-state index in [0.29, 0.717) is 17.6 Å². The number of hydrazone groups is 1. The molecule has 0 amide bonds. The standard InChI is InChI=1S/C12H13BrN2O2/c1-17-10-4-2-9(3-5-10)8-15-7-6-11(13)12(16)14-15/h2-6H,7-8H2,1H3,(H,14,16). The van der Waals surface area contributed by atoms with E-state index in [4.69, 9.17) is 4.74 Å². The molecule has 1 heterocycles. The minimum atomic E-state index is 0.0183. The van der Waals surface area contributed by atoms with Crippen molar-refractivity contribution in [2.24, 2.45) is 5.10 Å². The Morgan fingerprint density at radius 2 is 2.12 bits per heavy atom. The Bertz CT molecular complexity index is 454. The summed E-state index contributed by atoms with van der Waals surface area (Å²) < 4.78 is 5.74. The van der Waals surface area contributed by atoms with Crippen LogP contribution in [0.3, 0.4) is 0 Å². The van der Waals surface area contributed by atoms with Crippen LogP contribution in [-0.2, 0) is 6.54 Å². The summed E-state index contributed by atoms with van der Waals surface area (Å²) in [6, 6.07) is 7.79. The zero-order valence-corrected chi connectivity index (χ0v) is 11.0. The minimum absolute atomic E-state index is 0.0183. The van der Waals surface area contributed by atoms with Gasteiger partial charge in [-0.2, -0.15) is 0 Å². The molecule has 1 aliphatic heterocycles. The molecule has 1 N–H and O–H groups in total. The van der Waals surface area contributed by atoms with Gasteiger partial charge < -0.3 is 9.84 Å². The molecule has 0 atom stereocenters. The van der Waals surface area contributed by atoms with Gasteiger partial charge in [0.05, 0.1) is 24.7 Å². The fourth-order valence-electron chi connectivity index (χ4n) is 1.54. The molecule has 2 rings (SSSR count). The van der Waals surface area contributed by atoms with Crippen LogP contribution in [0.1, 0.15) is 5.56 Å². The van der Waals surface area contributed by atoms with Crippen LogP contribution in [0.2, 0.25) is 0 Å². The number of ether oxygens (including phenoxy) is 1. The first-order chi connectivity index (χ1) is 8.19. The fourth-order valence-corrected chi connectivity index (χ4v) is 1.77. The van der Waals surface area contributed by atoms with Crippen LogP contribution in [-0.4, -0.2) is 29.7 Å². The Labute approximate surface area is 108 Å². The maximum Gasteiger partial charge on any atom is 0.242 e. The van der Waals surface area contributed by atoms with Crippen molar-refractivity contribution in [2.75, 3.05) is 13.7 Å². The van der Waals surface area contributed by atoms with Crippen LogP contribution in [0.15, 0.2) is 39.9 Å². The van der Waals surface area contributed by atoms with Gasteiger partial charge in [-0.1, -0.05) is 12.1 Å².